The first-order valence-electron chi connectivity index (χ1n) is 12.3. The molecule has 2 heterocycles. The number of anilines is 2. The molecule has 0 radical (unpaired) electrons. The summed E-state index contributed by atoms with van der Waals surface area (Å²) in [6, 6.07) is 14.8. The summed E-state index contributed by atoms with van der Waals surface area (Å²) < 4.78 is 43.0. The van der Waals surface area contributed by atoms with E-state index in [0.29, 0.717) is 6.54 Å². The van der Waals surface area contributed by atoms with Crippen LogP contribution in [0.1, 0.15) is 23.2 Å². The average Bonchev–Trinajstić information content (AvgIpc) is 3.45. The summed E-state index contributed by atoms with van der Waals surface area (Å²) in [5.41, 5.74) is 2.18. The minimum atomic E-state index is -5.08. The van der Waals surface area contributed by atoms with Gasteiger partial charge in [-0.25, -0.2) is 9.59 Å². The molecule has 13 heteroatoms. The molecule has 2 aromatic rings. The Balaban J connectivity index is 0.000000532. The van der Waals surface area contributed by atoms with E-state index >= 15 is 0 Å². The number of halogens is 3. The standard InChI is InChI=1S/C24H30N4O4.C2HF3O2/c1-31-22-7-3-2-6-21(22)27-12-14-28(15-13-27)24(25-17-20-5-4-16-32-20)26-19-10-8-18(9-11-19)23(29)30;3-2(4,5)1(6)7/h2-3,6-11,20H,4-5,12-17H2,1H3,(H,25,26)(H,29,30);(H,6,7). The van der Waals surface area contributed by atoms with E-state index in [2.05, 4.69) is 21.2 Å². The fourth-order valence-corrected chi connectivity index (χ4v) is 4.07. The van der Waals surface area contributed by atoms with E-state index in [1.165, 1.54) is 0 Å². The first-order chi connectivity index (χ1) is 18.6. The van der Waals surface area contributed by atoms with Crippen molar-refractivity contribution in [3.63, 3.8) is 0 Å². The van der Waals surface area contributed by atoms with Crippen molar-refractivity contribution in [2.75, 3.05) is 56.7 Å². The molecule has 2 aliphatic rings. The van der Waals surface area contributed by atoms with Crippen LogP contribution in [0.4, 0.5) is 24.5 Å². The third-order valence-corrected chi connectivity index (χ3v) is 6.10. The Morgan fingerprint density at radius 1 is 1.08 bits per heavy atom. The molecule has 10 nitrogen and oxygen atoms in total. The van der Waals surface area contributed by atoms with Gasteiger partial charge in [-0.2, -0.15) is 13.2 Å². The van der Waals surface area contributed by atoms with Gasteiger partial charge in [0.25, 0.3) is 0 Å². The number of nitrogens with zero attached hydrogens (tertiary/aromatic N) is 3. The molecule has 2 aromatic carbocycles. The summed E-state index contributed by atoms with van der Waals surface area (Å²) in [6.45, 7) is 4.72. The second kappa shape index (κ2) is 13.7. The highest BCUT2D eigenvalue weighted by molar-refractivity contribution is 5.95. The monoisotopic (exact) mass is 552 g/mol. The summed E-state index contributed by atoms with van der Waals surface area (Å²) in [6.07, 6.45) is -2.81. The molecule has 4 rings (SSSR count). The van der Waals surface area contributed by atoms with Crippen molar-refractivity contribution >= 4 is 29.3 Å². The number of carboxylic acids is 2. The van der Waals surface area contributed by atoms with Gasteiger partial charge in [0.15, 0.2) is 5.96 Å². The Kier molecular flexibility index (Phi) is 10.4. The number of hydrogen-bond donors (Lipinski definition) is 3. The number of para-hydroxylation sites is 2. The number of hydrogen-bond acceptors (Lipinski definition) is 6. The van der Waals surface area contributed by atoms with Gasteiger partial charge in [-0.05, 0) is 49.2 Å². The molecule has 1 atom stereocenters. The van der Waals surface area contributed by atoms with Crippen LogP contribution >= 0.6 is 0 Å². The topological polar surface area (TPSA) is 124 Å². The van der Waals surface area contributed by atoms with Gasteiger partial charge in [-0.15, -0.1) is 0 Å². The van der Waals surface area contributed by atoms with Crippen LogP contribution in [0, 0.1) is 0 Å². The van der Waals surface area contributed by atoms with Crippen molar-refractivity contribution in [1.82, 2.24) is 4.90 Å². The first-order valence-corrected chi connectivity index (χ1v) is 12.3. The number of aliphatic imine (C=N–C) groups is 1. The fraction of sp³-hybridized carbons (Fsp3) is 0.423. The van der Waals surface area contributed by atoms with Gasteiger partial charge in [0, 0.05) is 38.5 Å². The third-order valence-electron chi connectivity index (χ3n) is 6.10. The molecule has 2 fully saturated rings. The van der Waals surface area contributed by atoms with Crippen molar-refractivity contribution in [1.29, 1.82) is 0 Å². The lowest BCUT2D eigenvalue weighted by Crippen LogP contribution is -2.51. The van der Waals surface area contributed by atoms with E-state index in [9.17, 15) is 18.0 Å². The predicted molar refractivity (Wildman–Crippen MR) is 139 cm³/mol. The molecular formula is C26H31F3N4O6. The van der Waals surface area contributed by atoms with Crippen molar-refractivity contribution < 1.29 is 42.4 Å². The number of benzene rings is 2. The molecule has 0 aromatic heterocycles. The number of carboxylic acid groups (broad SMARTS) is 2. The van der Waals surface area contributed by atoms with Crippen LogP contribution in [0.5, 0.6) is 5.75 Å². The van der Waals surface area contributed by atoms with Crippen LogP contribution in [0.3, 0.4) is 0 Å². The van der Waals surface area contributed by atoms with E-state index in [1.54, 1.807) is 31.4 Å². The normalized spacial score (nSPS) is 17.7. The summed E-state index contributed by atoms with van der Waals surface area (Å²) >= 11 is 0. The zero-order valence-electron chi connectivity index (χ0n) is 21.4. The minimum absolute atomic E-state index is 0.163. The highest BCUT2D eigenvalue weighted by Gasteiger charge is 2.38. The number of methoxy groups -OCH3 is 1. The molecule has 0 amide bonds. The average molecular weight is 553 g/mol. The van der Waals surface area contributed by atoms with Crippen LogP contribution in [-0.4, -0.2) is 91.7 Å². The van der Waals surface area contributed by atoms with Gasteiger partial charge < -0.3 is 34.8 Å². The number of alkyl halides is 3. The highest BCUT2D eigenvalue weighted by Crippen LogP contribution is 2.28. The number of aromatic carboxylic acids is 1. The minimum Gasteiger partial charge on any atom is -0.495 e. The zero-order valence-corrected chi connectivity index (χ0v) is 21.4. The van der Waals surface area contributed by atoms with Gasteiger partial charge in [0.05, 0.1) is 31.0 Å². The third kappa shape index (κ3) is 8.77. The number of carbonyl (C=O) groups is 2. The molecule has 2 saturated heterocycles. The highest BCUT2D eigenvalue weighted by atomic mass is 19.4. The lowest BCUT2D eigenvalue weighted by atomic mass is 10.2. The number of nitrogens with one attached hydrogen (secondary N) is 1. The van der Waals surface area contributed by atoms with Gasteiger partial charge in [0.1, 0.15) is 5.75 Å². The lowest BCUT2D eigenvalue weighted by molar-refractivity contribution is -0.192. The number of ether oxygens (including phenoxy) is 2. The summed E-state index contributed by atoms with van der Waals surface area (Å²) in [7, 11) is 1.70. The van der Waals surface area contributed by atoms with Crippen LogP contribution in [0.15, 0.2) is 53.5 Å². The number of aliphatic carboxylic acids is 1. The number of piperazine rings is 1. The molecule has 0 bridgehead atoms. The summed E-state index contributed by atoms with van der Waals surface area (Å²) in [5.74, 6) is -2.02. The SMILES string of the molecule is COc1ccccc1N1CCN(C(=NCC2CCCO2)Nc2ccc(C(=O)O)cc2)CC1.O=C(O)C(F)(F)F. The molecular weight excluding hydrogens is 521 g/mol. The number of guanidine groups is 1. The second-order valence-corrected chi connectivity index (χ2v) is 8.76. The van der Waals surface area contributed by atoms with Gasteiger partial charge in [-0.3, -0.25) is 4.99 Å². The largest absolute Gasteiger partial charge is 0.495 e. The quantitative estimate of drug-likeness (QED) is 0.363. The van der Waals surface area contributed by atoms with Crippen LogP contribution in [-0.2, 0) is 9.53 Å². The maximum absolute atomic E-state index is 11.1. The molecule has 1 unspecified atom stereocenters. The maximum atomic E-state index is 11.1. The van der Waals surface area contributed by atoms with Crippen molar-refractivity contribution in [2.24, 2.45) is 4.99 Å². The van der Waals surface area contributed by atoms with Crippen molar-refractivity contribution in [3.05, 3.63) is 54.1 Å². The molecule has 3 N–H and O–H groups in total. The van der Waals surface area contributed by atoms with E-state index < -0.39 is 18.1 Å². The Morgan fingerprint density at radius 3 is 2.26 bits per heavy atom. The Bertz CT molecular complexity index is 1130. The Hall–Kier alpha value is -4.00. The zero-order chi connectivity index (χ0) is 28.4. The fourth-order valence-electron chi connectivity index (χ4n) is 4.07. The van der Waals surface area contributed by atoms with E-state index in [1.807, 2.05) is 18.2 Å². The van der Waals surface area contributed by atoms with E-state index in [0.717, 1.165) is 68.7 Å². The molecule has 0 spiro atoms. The molecule has 2 aliphatic heterocycles. The van der Waals surface area contributed by atoms with Crippen LogP contribution in [0.25, 0.3) is 0 Å². The molecule has 0 saturated carbocycles. The smallest absolute Gasteiger partial charge is 0.490 e. The predicted octanol–water partition coefficient (Wildman–Crippen LogP) is 3.80. The lowest BCUT2D eigenvalue weighted by Gasteiger charge is -2.38. The van der Waals surface area contributed by atoms with Crippen LogP contribution in [0.2, 0.25) is 0 Å². The maximum Gasteiger partial charge on any atom is 0.490 e. The molecule has 0 aliphatic carbocycles. The van der Waals surface area contributed by atoms with Gasteiger partial charge >= 0.3 is 18.1 Å². The summed E-state index contributed by atoms with van der Waals surface area (Å²) in [5, 5.41) is 19.7. The number of rotatable bonds is 6. The first kappa shape index (κ1) is 29.6. The summed E-state index contributed by atoms with van der Waals surface area (Å²) in [4.78, 5) is 29.5. The van der Waals surface area contributed by atoms with E-state index in [4.69, 9.17) is 29.5 Å². The van der Waals surface area contributed by atoms with Crippen molar-refractivity contribution in [2.45, 2.75) is 25.1 Å². The second-order valence-electron chi connectivity index (χ2n) is 8.76. The Labute approximate surface area is 223 Å². The Morgan fingerprint density at radius 2 is 1.72 bits per heavy atom. The van der Waals surface area contributed by atoms with Crippen molar-refractivity contribution in [3.8, 4) is 5.75 Å². The van der Waals surface area contributed by atoms with Gasteiger partial charge in [0.2, 0.25) is 0 Å². The molecule has 212 valence electrons. The van der Waals surface area contributed by atoms with E-state index in [-0.39, 0.29) is 11.7 Å². The molecule has 39 heavy (non-hydrogen) atoms. The van der Waals surface area contributed by atoms with Crippen LogP contribution < -0.4 is 15.0 Å². The van der Waals surface area contributed by atoms with Gasteiger partial charge in [-0.1, -0.05) is 12.1 Å².